The third kappa shape index (κ3) is 2.15. The second-order valence-corrected chi connectivity index (χ2v) is 4.08. The predicted molar refractivity (Wildman–Crippen MR) is 57.3 cm³/mol. The van der Waals surface area contributed by atoms with E-state index in [1.807, 2.05) is 0 Å². The third-order valence-corrected chi connectivity index (χ3v) is 2.89. The number of benzene rings is 1. The largest absolute Gasteiger partial charge is 0.467 e. The maximum absolute atomic E-state index is 12.4. The number of ether oxygens (including phenoxy) is 1. The molecule has 6 heteroatoms. The van der Waals surface area contributed by atoms with Gasteiger partial charge in [-0.2, -0.15) is 13.2 Å². The van der Waals surface area contributed by atoms with Crippen LogP contribution in [0.5, 0.6) is 0 Å². The smallest absolute Gasteiger partial charge is 0.416 e. The summed E-state index contributed by atoms with van der Waals surface area (Å²) in [5, 5.41) is 10.6. The fourth-order valence-corrected chi connectivity index (χ4v) is 1.69. The minimum atomic E-state index is -4.36. The zero-order chi connectivity index (χ0) is 13.5. The van der Waals surface area contributed by atoms with E-state index in [4.69, 9.17) is 4.74 Å². The number of allylic oxidation sites excluding steroid dienone is 2. The van der Waals surface area contributed by atoms with Crippen LogP contribution in [0.25, 0.3) is 0 Å². The first-order valence-corrected chi connectivity index (χ1v) is 5.30. The van der Waals surface area contributed by atoms with Crippen LogP contribution in [-0.4, -0.2) is 10.3 Å². The molecule has 98 valence electrons. The molecule has 0 spiro atoms. The van der Waals surface area contributed by atoms with Gasteiger partial charge in [-0.25, -0.2) is 5.06 Å². The van der Waals surface area contributed by atoms with Crippen molar-refractivity contribution in [2.75, 3.05) is 0 Å². The SMILES string of the molecule is CC1=C(C)N(O)C(c2ccc(C(F)(F)F)cc2)O1. The molecule has 0 saturated heterocycles. The van der Waals surface area contributed by atoms with Crippen LogP contribution >= 0.6 is 0 Å². The van der Waals surface area contributed by atoms with E-state index in [9.17, 15) is 18.4 Å². The van der Waals surface area contributed by atoms with Crippen molar-refractivity contribution in [2.24, 2.45) is 0 Å². The molecule has 0 fully saturated rings. The van der Waals surface area contributed by atoms with Gasteiger partial charge in [0.2, 0.25) is 6.23 Å². The van der Waals surface area contributed by atoms with Crippen molar-refractivity contribution >= 4 is 0 Å². The maximum Gasteiger partial charge on any atom is 0.416 e. The van der Waals surface area contributed by atoms with Crippen LogP contribution in [-0.2, 0) is 10.9 Å². The Morgan fingerprint density at radius 2 is 1.72 bits per heavy atom. The maximum atomic E-state index is 12.4. The Morgan fingerprint density at radius 3 is 2.11 bits per heavy atom. The van der Waals surface area contributed by atoms with E-state index in [0.717, 1.165) is 17.2 Å². The Labute approximate surface area is 102 Å². The van der Waals surface area contributed by atoms with E-state index in [0.29, 0.717) is 17.0 Å². The van der Waals surface area contributed by atoms with Crippen LogP contribution in [0, 0.1) is 0 Å². The molecule has 1 heterocycles. The average molecular weight is 259 g/mol. The summed E-state index contributed by atoms with van der Waals surface area (Å²) in [6.45, 7) is 3.35. The van der Waals surface area contributed by atoms with Crippen LogP contribution in [0.15, 0.2) is 35.7 Å². The molecule has 1 aromatic carbocycles. The lowest BCUT2D eigenvalue weighted by Crippen LogP contribution is -2.19. The molecule has 0 saturated carbocycles. The standard InChI is InChI=1S/C12H12F3NO2/c1-7-8(2)18-11(16(7)17)9-3-5-10(6-4-9)12(13,14)15/h3-6,11,17H,1-2H3. The summed E-state index contributed by atoms with van der Waals surface area (Å²) in [4.78, 5) is 0. The molecular formula is C12H12F3NO2. The summed E-state index contributed by atoms with van der Waals surface area (Å²) in [7, 11) is 0. The van der Waals surface area contributed by atoms with Gasteiger partial charge in [-0.05, 0) is 26.0 Å². The van der Waals surface area contributed by atoms with Gasteiger partial charge in [0.05, 0.1) is 11.3 Å². The summed E-state index contributed by atoms with van der Waals surface area (Å²) in [5.41, 5.74) is 0.275. The molecule has 1 aliphatic rings. The van der Waals surface area contributed by atoms with E-state index >= 15 is 0 Å². The Kier molecular flexibility index (Phi) is 2.98. The number of nitrogens with zero attached hydrogens (tertiary/aromatic N) is 1. The number of rotatable bonds is 1. The monoisotopic (exact) mass is 259 g/mol. The summed E-state index contributed by atoms with van der Waals surface area (Å²) < 4.78 is 42.6. The highest BCUT2D eigenvalue weighted by atomic mass is 19.4. The van der Waals surface area contributed by atoms with Crippen molar-refractivity contribution in [3.63, 3.8) is 0 Å². The van der Waals surface area contributed by atoms with Crippen LogP contribution < -0.4 is 0 Å². The highest BCUT2D eigenvalue weighted by Gasteiger charge is 2.32. The van der Waals surface area contributed by atoms with Crippen LogP contribution in [0.3, 0.4) is 0 Å². The first-order chi connectivity index (χ1) is 8.30. The molecule has 3 nitrogen and oxygen atoms in total. The Bertz CT molecular complexity index is 479. The summed E-state index contributed by atoms with van der Waals surface area (Å²) >= 11 is 0. The lowest BCUT2D eigenvalue weighted by molar-refractivity contribution is -0.151. The van der Waals surface area contributed by atoms with Crippen molar-refractivity contribution in [1.82, 2.24) is 5.06 Å². The van der Waals surface area contributed by atoms with E-state index in [2.05, 4.69) is 0 Å². The topological polar surface area (TPSA) is 32.7 Å². The van der Waals surface area contributed by atoms with Crippen molar-refractivity contribution in [2.45, 2.75) is 26.3 Å². The lowest BCUT2D eigenvalue weighted by Gasteiger charge is -2.20. The molecule has 0 aromatic heterocycles. The molecule has 2 rings (SSSR count). The highest BCUT2D eigenvalue weighted by Crippen LogP contribution is 2.36. The first kappa shape index (κ1) is 12.8. The summed E-state index contributed by atoms with van der Waals surface area (Å²) in [5.74, 6) is 0.544. The van der Waals surface area contributed by atoms with Gasteiger partial charge in [-0.1, -0.05) is 12.1 Å². The first-order valence-electron chi connectivity index (χ1n) is 5.30. The molecule has 0 bridgehead atoms. The van der Waals surface area contributed by atoms with Gasteiger partial charge in [0, 0.05) is 5.56 Å². The highest BCUT2D eigenvalue weighted by molar-refractivity contribution is 5.27. The van der Waals surface area contributed by atoms with Gasteiger partial charge in [0.15, 0.2) is 0 Å². The number of hydrogen-bond acceptors (Lipinski definition) is 3. The second-order valence-electron chi connectivity index (χ2n) is 4.08. The number of hydroxylamine groups is 2. The molecule has 0 radical (unpaired) electrons. The van der Waals surface area contributed by atoms with E-state index in [-0.39, 0.29) is 0 Å². The fraction of sp³-hybridized carbons (Fsp3) is 0.333. The zero-order valence-corrected chi connectivity index (χ0v) is 9.82. The van der Waals surface area contributed by atoms with E-state index < -0.39 is 18.0 Å². The van der Waals surface area contributed by atoms with Crippen LogP contribution in [0.2, 0.25) is 0 Å². The van der Waals surface area contributed by atoms with Gasteiger partial charge in [-0.3, -0.25) is 5.21 Å². The van der Waals surface area contributed by atoms with Crippen molar-refractivity contribution in [1.29, 1.82) is 0 Å². The minimum Gasteiger partial charge on any atom is -0.467 e. The van der Waals surface area contributed by atoms with Gasteiger partial charge >= 0.3 is 6.18 Å². The van der Waals surface area contributed by atoms with Gasteiger partial charge in [-0.15, -0.1) is 0 Å². The molecule has 1 unspecified atom stereocenters. The Balaban J connectivity index is 2.22. The van der Waals surface area contributed by atoms with Crippen LogP contribution in [0.1, 0.15) is 31.2 Å². The third-order valence-electron chi connectivity index (χ3n) is 2.89. The molecule has 1 atom stereocenters. The Morgan fingerprint density at radius 1 is 1.17 bits per heavy atom. The van der Waals surface area contributed by atoms with Crippen molar-refractivity contribution < 1.29 is 23.1 Å². The average Bonchev–Trinajstić information content (AvgIpc) is 2.56. The summed E-state index contributed by atoms with van der Waals surface area (Å²) in [6, 6.07) is 4.52. The van der Waals surface area contributed by atoms with Crippen molar-refractivity contribution in [3.05, 3.63) is 46.8 Å². The van der Waals surface area contributed by atoms with Gasteiger partial charge in [0.1, 0.15) is 5.76 Å². The van der Waals surface area contributed by atoms with Crippen molar-refractivity contribution in [3.8, 4) is 0 Å². The molecule has 0 amide bonds. The molecule has 1 N–H and O–H groups in total. The predicted octanol–water partition coefficient (Wildman–Crippen LogP) is 3.68. The minimum absolute atomic E-state index is 0.460. The van der Waals surface area contributed by atoms with Crippen LogP contribution in [0.4, 0.5) is 13.2 Å². The van der Waals surface area contributed by atoms with Gasteiger partial charge in [0.25, 0.3) is 0 Å². The second kappa shape index (κ2) is 4.20. The van der Waals surface area contributed by atoms with E-state index in [1.165, 1.54) is 12.1 Å². The molecule has 0 aliphatic carbocycles. The number of alkyl halides is 3. The molecule has 1 aromatic rings. The van der Waals surface area contributed by atoms with E-state index in [1.54, 1.807) is 13.8 Å². The fourth-order valence-electron chi connectivity index (χ4n) is 1.69. The molecule has 18 heavy (non-hydrogen) atoms. The zero-order valence-electron chi connectivity index (χ0n) is 9.82. The quantitative estimate of drug-likeness (QED) is 0.835. The van der Waals surface area contributed by atoms with Gasteiger partial charge < -0.3 is 4.74 Å². The summed E-state index contributed by atoms with van der Waals surface area (Å²) in [6.07, 6.45) is -5.15. The molecule has 1 aliphatic heterocycles. The number of halogens is 3. The Hall–Kier alpha value is -1.69. The lowest BCUT2D eigenvalue weighted by atomic mass is 10.1. The molecular weight excluding hydrogens is 247 g/mol. The number of hydrogen-bond donors (Lipinski definition) is 1. The normalized spacial score (nSPS) is 20.3.